The summed E-state index contributed by atoms with van der Waals surface area (Å²) in [6.07, 6.45) is 3.74. The Balaban J connectivity index is 0.00000225. The summed E-state index contributed by atoms with van der Waals surface area (Å²) in [4.78, 5) is 25.9. The number of anilines is 1. The molecule has 1 aliphatic heterocycles. The van der Waals surface area contributed by atoms with Crippen LogP contribution in [0.4, 0.5) is 14.5 Å². The van der Waals surface area contributed by atoms with Gasteiger partial charge in [-0.2, -0.15) is 0 Å². The first kappa shape index (κ1) is 19.6. The van der Waals surface area contributed by atoms with Crippen molar-refractivity contribution in [3.8, 4) is 0 Å². The van der Waals surface area contributed by atoms with Crippen molar-refractivity contribution in [1.29, 1.82) is 0 Å². The summed E-state index contributed by atoms with van der Waals surface area (Å²) < 4.78 is 26.9. The highest BCUT2D eigenvalue weighted by Crippen LogP contribution is 2.31. The predicted octanol–water partition coefficient (Wildman–Crippen LogP) is 2.13. The second-order valence-corrected chi connectivity index (χ2v) is 6.68. The number of nitrogens with two attached hydrogens (primary N) is 1. The average Bonchev–Trinajstić information content (AvgIpc) is 3.15. The normalized spacial score (nSPS) is 22.0. The first-order chi connectivity index (χ1) is 11.4. The molecule has 3 N–H and O–H groups in total. The molecule has 8 heteroatoms. The SMILES string of the molecule is Cl.NCC1(NC(=O)C2CC(=O)N(c3ccc(F)cc3F)C2)CCCC1. The van der Waals surface area contributed by atoms with Gasteiger partial charge in [0.1, 0.15) is 11.6 Å². The molecule has 2 fully saturated rings. The zero-order valence-corrected chi connectivity index (χ0v) is 14.6. The molecule has 1 saturated heterocycles. The number of carbonyl (C=O) groups excluding carboxylic acids is 2. The zero-order valence-electron chi connectivity index (χ0n) is 13.8. The lowest BCUT2D eigenvalue weighted by Gasteiger charge is -2.30. The van der Waals surface area contributed by atoms with Crippen LogP contribution in [-0.2, 0) is 9.59 Å². The quantitative estimate of drug-likeness (QED) is 0.849. The molecule has 1 saturated carbocycles. The highest BCUT2D eigenvalue weighted by atomic mass is 35.5. The minimum atomic E-state index is -0.807. The Morgan fingerprint density at radius 2 is 2.00 bits per heavy atom. The fourth-order valence-electron chi connectivity index (χ4n) is 3.61. The summed E-state index contributed by atoms with van der Waals surface area (Å²) in [5.74, 6) is -2.62. The van der Waals surface area contributed by atoms with Gasteiger partial charge in [0.2, 0.25) is 11.8 Å². The second-order valence-electron chi connectivity index (χ2n) is 6.68. The van der Waals surface area contributed by atoms with Crippen molar-refractivity contribution in [2.24, 2.45) is 11.7 Å². The van der Waals surface area contributed by atoms with Gasteiger partial charge in [-0.05, 0) is 25.0 Å². The third kappa shape index (κ3) is 3.93. The molecule has 25 heavy (non-hydrogen) atoms. The van der Waals surface area contributed by atoms with E-state index in [1.165, 1.54) is 11.0 Å². The molecule has 2 amide bonds. The van der Waals surface area contributed by atoms with Crippen molar-refractivity contribution < 1.29 is 18.4 Å². The Morgan fingerprint density at radius 3 is 2.60 bits per heavy atom. The van der Waals surface area contributed by atoms with Gasteiger partial charge in [-0.25, -0.2) is 8.78 Å². The van der Waals surface area contributed by atoms with Gasteiger partial charge in [0, 0.05) is 25.6 Å². The van der Waals surface area contributed by atoms with Gasteiger partial charge in [0.05, 0.1) is 17.1 Å². The van der Waals surface area contributed by atoms with Crippen LogP contribution >= 0.6 is 12.4 Å². The molecule has 0 radical (unpaired) electrons. The molecule has 1 aromatic carbocycles. The number of hydrogen-bond donors (Lipinski definition) is 2. The third-order valence-electron chi connectivity index (χ3n) is 5.04. The van der Waals surface area contributed by atoms with E-state index in [0.717, 1.165) is 37.8 Å². The molecule has 3 rings (SSSR count). The lowest BCUT2D eigenvalue weighted by atomic mass is 9.96. The van der Waals surface area contributed by atoms with Gasteiger partial charge < -0.3 is 16.0 Å². The Labute approximate surface area is 151 Å². The van der Waals surface area contributed by atoms with E-state index < -0.39 is 17.6 Å². The van der Waals surface area contributed by atoms with E-state index in [4.69, 9.17) is 5.73 Å². The van der Waals surface area contributed by atoms with Crippen LogP contribution in [0.5, 0.6) is 0 Å². The standard InChI is InChI=1S/C17H21F2N3O2.ClH/c18-12-3-4-14(13(19)8-12)22-9-11(7-15(22)23)16(24)21-17(10-20)5-1-2-6-17;/h3-4,8,11H,1-2,5-7,9-10,20H2,(H,21,24);1H. The molecule has 1 heterocycles. The summed E-state index contributed by atoms with van der Waals surface area (Å²) >= 11 is 0. The van der Waals surface area contributed by atoms with E-state index in [2.05, 4.69) is 5.32 Å². The van der Waals surface area contributed by atoms with Crippen LogP contribution in [0.3, 0.4) is 0 Å². The van der Waals surface area contributed by atoms with E-state index in [0.29, 0.717) is 6.54 Å². The molecule has 138 valence electrons. The number of carbonyl (C=O) groups is 2. The van der Waals surface area contributed by atoms with E-state index in [-0.39, 0.29) is 48.4 Å². The van der Waals surface area contributed by atoms with Crippen LogP contribution < -0.4 is 16.0 Å². The Bertz CT molecular complexity index is 665. The van der Waals surface area contributed by atoms with Crippen molar-refractivity contribution in [1.82, 2.24) is 5.32 Å². The van der Waals surface area contributed by atoms with Gasteiger partial charge >= 0.3 is 0 Å². The summed E-state index contributed by atoms with van der Waals surface area (Å²) in [6.45, 7) is 0.462. The maximum absolute atomic E-state index is 13.9. The molecule has 1 atom stereocenters. The average molecular weight is 374 g/mol. The van der Waals surface area contributed by atoms with Crippen LogP contribution in [0.25, 0.3) is 0 Å². The monoisotopic (exact) mass is 373 g/mol. The first-order valence-corrected chi connectivity index (χ1v) is 8.22. The topological polar surface area (TPSA) is 75.4 Å². The lowest BCUT2D eigenvalue weighted by molar-refractivity contribution is -0.127. The maximum Gasteiger partial charge on any atom is 0.227 e. The predicted molar refractivity (Wildman–Crippen MR) is 92.5 cm³/mol. The number of nitrogens with one attached hydrogen (secondary N) is 1. The molecule has 1 aliphatic carbocycles. The van der Waals surface area contributed by atoms with Gasteiger partial charge in [0.25, 0.3) is 0 Å². The van der Waals surface area contributed by atoms with Gasteiger partial charge in [-0.1, -0.05) is 12.8 Å². The van der Waals surface area contributed by atoms with Crippen LogP contribution in [-0.4, -0.2) is 30.4 Å². The largest absolute Gasteiger partial charge is 0.349 e. The maximum atomic E-state index is 13.9. The number of nitrogens with zero attached hydrogens (tertiary/aromatic N) is 1. The molecular formula is C17H22ClF2N3O2. The van der Waals surface area contributed by atoms with E-state index >= 15 is 0 Å². The number of halogens is 3. The molecule has 0 spiro atoms. The summed E-state index contributed by atoms with van der Waals surface area (Å²) in [5.41, 5.74) is 5.44. The Morgan fingerprint density at radius 1 is 1.32 bits per heavy atom. The summed E-state index contributed by atoms with van der Waals surface area (Å²) in [5, 5.41) is 3.00. The smallest absolute Gasteiger partial charge is 0.227 e. The summed E-state index contributed by atoms with van der Waals surface area (Å²) in [6, 6.07) is 3.06. The van der Waals surface area contributed by atoms with Crippen molar-refractivity contribution in [3.05, 3.63) is 29.8 Å². The van der Waals surface area contributed by atoms with Crippen LogP contribution in [0.1, 0.15) is 32.1 Å². The number of benzene rings is 1. The first-order valence-electron chi connectivity index (χ1n) is 8.22. The molecule has 1 aromatic rings. The molecule has 1 unspecified atom stereocenters. The van der Waals surface area contributed by atoms with E-state index in [9.17, 15) is 18.4 Å². The Hall–Kier alpha value is -1.73. The van der Waals surface area contributed by atoms with E-state index in [1.807, 2.05) is 0 Å². The molecule has 5 nitrogen and oxygen atoms in total. The fraction of sp³-hybridized carbons (Fsp3) is 0.529. The van der Waals surface area contributed by atoms with Crippen LogP contribution in [0.15, 0.2) is 18.2 Å². The number of rotatable bonds is 4. The van der Waals surface area contributed by atoms with Crippen LogP contribution in [0, 0.1) is 17.6 Å². The number of hydrogen-bond acceptors (Lipinski definition) is 3. The van der Waals surface area contributed by atoms with Crippen molar-refractivity contribution in [2.75, 3.05) is 18.0 Å². The highest BCUT2D eigenvalue weighted by Gasteiger charge is 2.40. The molecule has 0 aromatic heterocycles. The molecule has 2 aliphatic rings. The zero-order chi connectivity index (χ0) is 17.3. The fourth-order valence-corrected chi connectivity index (χ4v) is 3.61. The Kier molecular flexibility index (Phi) is 6.00. The minimum absolute atomic E-state index is 0. The van der Waals surface area contributed by atoms with Crippen molar-refractivity contribution in [3.63, 3.8) is 0 Å². The molecular weight excluding hydrogens is 352 g/mol. The second kappa shape index (κ2) is 7.66. The van der Waals surface area contributed by atoms with Crippen molar-refractivity contribution >= 4 is 29.9 Å². The van der Waals surface area contributed by atoms with Gasteiger partial charge in [-0.15, -0.1) is 12.4 Å². The van der Waals surface area contributed by atoms with Crippen molar-refractivity contribution in [2.45, 2.75) is 37.6 Å². The van der Waals surface area contributed by atoms with Gasteiger partial charge in [0.15, 0.2) is 0 Å². The molecule has 0 bridgehead atoms. The van der Waals surface area contributed by atoms with Crippen LogP contribution in [0.2, 0.25) is 0 Å². The van der Waals surface area contributed by atoms with E-state index in [1.54, 1.807) is 0 Å². The highest BCUT2D eigenvalue weighted by molar-refractivity contribution is 6.00. The lowest BCUT2D eigenvalue weighted by Crippen LogP contribution is -2.53. The van der Waals surface area contributed by atoms with Gasteiger partial charge in [-0.3, -0.25) is 9.59 Å². The number of amides is 2. The third-order valence-corrected chi connectivity index (χ3v) is 5.04. The minimum Gasteiger partial charge on any atom is -0.349 e. The summed E-state index contributed by atoms with van der Waals surface area (Å²) in [7, 11) is 0.